The van der Waals surface area contributed by atoms with Gasteiger partial charge in [0.2, 0.25) is 0 Å². The van der Waals surface area contributed by atoms with Gasteiger partial charge in [-0.3, -0.25) is 4.79 Å². The fourth-order valence-corrected chi connectivity index (χ4v) is 3.20. The number of methoxy groups -OCH3 is 2. The molecule has 0 saturated heterocycles. The summed E-state index contributed by atoms with van der Waals surface area (Å²) in [4.78, 5) is 12.7. The Labute approximate surface area is 163 Å². The number of carbonyl (C=O) groups excluding carboxylic acids is 1. The van der Waals surface area contributed by atoms with Gasteiger partial charge in [0.05, 0.1) is 14.2 Å². The first kappa shape index (κ1) is 21.6. The summed E-state index contributed by atoms with van der Waals surface area (Å²) >= 11 is 0. The van der Waals surface area contributed by atoms with Crippen molar-refractivity contribution >= 4 is 38.3 Å². The summed E-state index contributed by atoms with van der Waals surface area (Å²) in [7, 11) is 3.08. The van der Waals surface area contributed by atoms with Crippen LogP contribution in [0.25, 0.3) is 0 Å². The van der Waals surface area contributed by atoms with Gasteiger partial charge < -0.3 is 14.2 Å². The van der Waals surface area contributed by atoms with Crippen molar-refractivity contribution < 1.29 is 19.0 Å². The topological polar surface area (TPSA) is 44.8 Å². The van der Waals surface area contributed by atoms with Crippen molar-refractivity contribution in [1.29, 1.82) is 0 Å². The van der Waals surface area contributed by atoms with Crippen LogP contribution in [0.5, 0.6) is 17.2 Å². The normalized spacial score (nSPS) is 11.1. The molecule has 2 rings (SSSR count). The molecule has 0 spiro atoms. The molecule has 0 fully saturated rings. The summed E-state index contributed by atoms with van der Waals surface area (Å²) in [6, 6.07) is 12.9. The zero-order chi connectivity index (χ0) is 17.7. The second-order valence-electron chi connectivity index (χ2n) is 6.23. The maximum atomic E-state index is 12.7. The molecule has 0 radical (unpaired) electrons. The summed E-state index contributed by atoms with van der Waals surface area (Å²) in [5, 5.41) is 0.939. The second kappa shape index (κ2) is 9.29. The molecule has 1 atom stereocenters. The molecule has 0 N–H and O–H groups in total. The first-order chi connectivity index (χ1) is 11.3. The molecule has 0 heterocycles. The molecular formula is C19H24LiO4P. The summed E-state index contributed by atoms with van der Waals surface area (Å²) in [5.41, 5.74) is 0.217. The van der Waals surface area contributed by atoms with Crippen molar-refractivity contribution in [1.82, 2.24) is 0 Å². The van der Waals surface area contributed by atoms with E-state index in [1.165, 1.54) is 0 Å². The number of carbonyl (C=O) groups is 1. The van der Waals surface area contributed by atoms with Crippen LogP contribution in [0.2, 0.25) is 0 Å². The summed E-state index contributed by atoms with van der Waals surface area (Å²) in [5.74, 6) is 1.84. The average molecular weight is 354 g/mol. The van der Waals surface area contributed by atoms with E-state index >= 15 is 0 Å². The molecule has 0 aliphatic heterocycles. The van der Waals surface area contributed by atoms with Crippen molar-refractivity contribution in [2.24, 2.45) is 0 Å². The van der Waals surface area contributed by atoms with Crippen molar-refractivity contribution in [2.75, 3.05) is 14.2 Å². The molecule has 4 nitrogen and oxygen atoms in total. The molecular weight excluding hydrogens is 330 g/mol. The molecule has 130 valence electrons. The van der Waals surface area contributed by atoms with Crippen molar-refractivity contribution in [3.8, 4) is 17.2 Å². The van der Waals surface area contributed by atoms with Gasteiger partial charge in [0.1, 0.15) is 28.4 Å². The molecule has 2 aromatic rings. The molecule has 0 amide bonds. The van der Waals surface area contributed by atoms with Gasteiger partial charge in [0.15, 0.2) is 5.52 Å². The molecule has 0 saturated carbocycles. The molecule has 0 aliphatic rings. The molecule has 1 unspecified atom stereocenters. The number of hydrogen-bond donors (Lipinski definition) is 0. The Kier molecular flexibility index (Phi) is 8.02. The van der Waals surface area contributed by atoms with Crippen molar-refractivity contribution in [3.05, 3.63) is 48.0 Å². The molecule has 2 aromatic carbocycles. The van der Waals surface area contributed by atoms with Gasteiger partial charge in [-0.2, -0.15) is 0 Å². The quantitative estimate of drug-likeness (QED) is 0.589. The van der Waals surface area contributed by atoms with Gasteiger partial charge in [-0.1, -0.05) is 18.2 Å². The van der Waals surface area contributed by atoms with Gasteiger partial charge >= 0.3 is 18.9 Å². The molecule has 0 aliphatic carbocycles. The first-order valence-electron chi connectivity index (χ1n) is 7.65. The van der Waals surface area contributed by atoms with E-state index in [4.69, 9.17) is 14.2 Å². The van der Waals surface area contributed by atoms with Crippen LogP contribution >= 0.6 is 8.58 Å². The van der Waals surface area contributed by atoms with Crippen LogP contribution in [0.1, 0.15) is 31.1 Å². The Morgan fingerprint density at radius 2 is 1.44 bits per heavy atom. The van der Waals surface area contributed by atoms with Gasteiger partial charge in [-0.05, 0) is 58.9 Å². The third-order valence-corrected chi connectivity index (χ3v) is 4.29. The predicted molar refractivity (Wildman–Crippen MR) is 106 cm³/mol. The molecule has 0 aromatic heterocycles. The van der Waals surface area contributed by atoms with E-state index in [0.717, 1.165) is 11.1 Å². The second-order valence-corrected chi connectivity index (χ2v) is 7.51. The van der Waals surface area contributed by atoms with Gasteiger partial charge in [-0.15, -0.1) is 0 Å². The minimum atomic E-state index is -0.246. The number of benzene rings is 2. The van der Waals surface area contributed by atoms with Crippen molar-refractivity contribution in [2.45, 2.75) is 26.4 Å². The standard InChI is InChI=1S/C19H23O4P.Li.H/c1-19(2,3)23-13-9-11-14(12-10-13)24-18(20)17-15(21-4)7-6-8-16(17)22-5;;/h6-12,24H,1-5H3;;. The number of hydrogen-bond acceptors (Lipinski definition) is 4. The third-order valence-electron chi connectivity index (χ3n) is 3.19. The average Bonchev–Trinajstić information content (AvgIpc) is 2.54. The van der Waals surface area contributed by atoms with Crippen LogP contribution in [0.3, 0.4) is 0 Å². The van der Waals surface area contributed by atoms with E-state index in [-0.39, 0.29) is 38.6 Å². The monoisotopic (exact) mass is 354 g/mol. The molecule has 25 heavy (non-hydrogen) atoms. The van der Waals surface area contributed by atoms with Crippen LogP contribution in [0.4, 0.5) is 0 Å². The van der Waals surface area contributed by atoms with E-state index in [1.807, 2.05) is 45.0 Å². The van der Waals surface area contributed by atoms with Crippen LogP contribution in [0, 0.1) is 0 Å². The summed E-state index contributed by atoms with van der Waals surface area (Å²) in [6.45, 7) is 6.00. The maximum absolute atomic E-state index is 12.7. The Morgan fingerprint density at radius 1 is 0.920 bits per heavy atom. The van der Waals surface area contributed by atoms with Gasteiger partial charge in [0, 0.05) is 0 Å². The van der Waals surface area contributed by atoms with Crippen molar-refractivity contribution in [3.63, 3.8) is 0 Å². The zero-order valence-electron chi connectivity index (χ0n) is 14.7. The van der Waals surface area contributed by atoms with E-state index in [1.54, 1.807) is 32.4 Å². The van der Waals surface area contributed by atoms with Gasteiger partial charge in [0.25, 0.3) is 0 Å². The van der Waals surface area contributed by atoms with Crippen LogP contribution in [-0.4, -0.2) is 44.2 Å². The fraction of sp³-hybridized carbons (Fsp3) is 0.316. The zero-order valence-corrected chi connectivity index (χ0v) is 15.7. The summed E-state index contributed by atoms with van der Waals surface area (Å²) < 4.78 is 16.4. The SMILES string of the molecule is COc1cccc(OC)c1C(=O)Pc1ccc(OC(C)(C)C)cc1.[LiH]. The van der Waals surface area contributed by atoms with E-state index < -0.39 is 0 Å². The van der Waals surface area contributed by atoms with Crippen LogP contribution in [-0.2, 0) is 0 Å². The fourth-order valence-electron chi connectivity index (χ4n) is 2.23. The van der Waals surface area contributed by atoms with E-state index in [9.17, 15) is 4.79 Å². The Morgan fingerprint density at radius 3 is 1.88 bits per heavy atom. The Bertz CT molecular complexity index is 686. The number of ether oxygens (including phenoxy) is 3. The first-order valence-corrected chi connectivity index (χ1v) is 8.65. The van der Waals surface area contributed by atoms with Crippen LogP contribution in [0.15, 0.2) is 42.5 Å². The number of rotatable bonds is 6. The van der Waals surface area contributed by atoms with Crippen LogP contribution < -0.4 is 19.5 Å². The molecule has 0 bridgehead atoms. The summed E-state index contributed by atoms with van der Waals surface area (Å²) in [6.07, 6.45) is 0. The third kappa shape index (κ3) is 6.08. The van der Waals surface area contributed by atoms with E-state index in [0.29, 0.717) is 17.1 Å². The Balaban J connectivity index is 0.00000312. The minimum absolute atomic E-state index is 0. The Hall–Kier alpha value is -1.46. The molecule has 6 heteroatoms. The van der Waals surface area contributed by atoms with E-state index in [2.05, 4.69) is 0 Å². The predicted octanol–water partition coefficient (Wildman–Crippen LogP) is 3.38. The van der Waals surface area contributed by atoms with Gasteiger partial charge in [-0.25, -0.2) is 0 Å².